The summed E-state index contributed by atoms with van der Waals surface area (Å²) in [6.07, 6.45) is 1.71. The molecule has 0 radical (unpaired) electrons. The molecule has 102 valence electrons. The summed E-state index contributed by atoms with van der Waals surface area (Å²) in [6.45, 7) is 6.30. The molecule has 1 N–H and O–H groups in total. The molecule has 1 fully saturated rings. The Morgan fingerprint density at radius 1 is 1.44 bits per heavy atom. The second kappa shape index (κ2) is 6.26. The summed E-state index contributed by atoms with van der Waals surface area (Å²) in [7, 11) is 0. The molecule has 1 aromatic rings. The number of ether oxygens (including phenoxy) is 2. The van der Waals surface area contributed by atoms with Gasteiger partial charge in [0.15, 0.2) is 6.29 Å². The number of rotatable bonds is 6. The van der Waals surface area contributed by atoms with Gasteiger partial charge in [-0.2, -0.15) is 5.10 Å². The Morgan fingerprint density at radius 3 is 2.83 bits per heavy atom. The smallest absolute Gasteiger partial charge is 0.160 e. The number of aromatic nitrogens is 3. The lowest BCUT2D eigenvalue weighted by Gasteiger charge is -2.15. The molecule has 0 spiro atoms. The lowest BCUT2D eigenvalue weighted by atomic mass is 10.1. The third-order valence-corrected chi connectivity index (χ3v) is 2.81. The van der Waals surface area contributed by atoms with Crippen LogP contribution in [-0.2, 0) is 22.4 Å². The first kappa shape index (κ1) is 13.5. The average Bonchev–Trinajstić information content (AvgIpc) is 2.91. The van der Waals surface area contributed by atoms with Crippen molar-refractivity contribution >= 4 is 0 Å². The van der Waals surface area contributed by atoms with Crippen molar-refractivity contribution in [2.75, 3.05) is 13.2 Å². The van der Waals surface area contributed by atoms with Gasteiger partial charge < -0.3 is 14.6 Å². The highest BCUT2D eigenvalue weighted by Gasteiger charge is 2.21. The fourth-order valence-electron chi connectivity index (χ4n) is 2.00. The summed E-state index contributed by atoms with van der Waals surface area (Å²) in [4.78, 5) is 4.19. The SMILES string of the molecule is CC(C)Cn1ncnc1CC(O)CC1OCCO1. The number of hydrogen-bond acceptors (Lipinski definition) is 5. The quantitative estimate of drug-likeness (QED) is 0.806. The zero-order chi connectivity index (χ0) is 13.0. The maximum absolute atomic E-state index is 10.00. The Kier molecular flexibility index (Phi) is 4.68. The van der Waals surface area contributed by atoms with Crippen molar-refractivity contribution in [3.63, 3.8) is 0 Å². The lowest BCUT2D eigenvalue weighted by molar-refractivity contribution is -0.0701. The highest BCUT2D eigenvalue weighted by molar-refractivity contribution is 4.88. The Labute approximate surface area is 107 Å². The van der Waals surface area contributed by atoms with Crippen LogP contribution in [0.5, 0.6) is 0 Å². The van der Waals surface area contributed by atoms with E-state index in [2.05, 4.69) is 23.9 Å². The average molecular weight is 255 g/mol. The molecule has 1 unspecified atom stereocenters. The lowest BCUT2D eigenvalue weighted by Crippen LogP contribution is -2.23. The highest BCUT2D eigenvalue weighted by Crippen LogP contribution is 2.13. The number of aliphatic hydroxyl groups excluding tert-OH is 1. The van der Waals surface area contributed by atoms with Crippen molar-refractivity contribution < 1.29 is 14.6 Å². The van der Waals surface area contributed by atoms with Gasteiger partial charge in [0.2, 0.25) is 0 Å². The molecule has 1 atom stereocenters. The molecule has 0 amide bonds. The molecule has 1 aliphatic rings. The van der Waals surface area contributed by atoms with Crippen LogP contribution in [0.3, 0.4) is 0 Å². The summed E-state index contributed by atoms with van der Waals surface area (Å²) >= 11 is 0. The van der Waals surface area contributed by atoms with Gasteiger partial charge in [-0.1, -0.05) is 13.8 Å². The molecule has 0 saturated carbocycles. The van der Waals surface area contributed by atoms with E-state index >= 15 is 0 Å². The van der Waals surface area contributed by atoms with E-state index in [-0.39, 0.29) is 6.29 Å². The van der Waals surface area contributed by atoms with Gasteiger partial charge in [0.25, 0.3) is 0 Å². The molecule has 2 rings (SSSR count). The van der Waals surface area contributed by atoms with E-state index in [9.17, 15) is 5.11 Å². The van der Waals surface area contributed by atoms with Gasteiger partial charge in [0, 0.05) is 19.4 Å². The topological polar surface area (TPSA) is 69.4 Å². The summed E-state index contributed by atoms with van der Waals surface area (Å²) in [6, 6.07) is 0. The van der Waals surface area contributed by atoms with Crippen molar-refractivity contribution in [3.05, 3.63) is 12.2 Å². The maximum Gasteiger partial charge on any atom is 0.160 e. The van der Waals surface area contributed by atoms with Gasteiger partial charge >= 0.3 is 0 Å². The molecular formula is C12H21N3O3. The van der Waals surface area contributed by atoms with Crippen molar-refractivity contribution in [1.29, 1.82) is 0 Å². The minimum absolute atomic E-state index is 0.276. The zero-order valence-corrected chi connectivity index (χ0v) is 11.0. The second-order valence-corrected chi connectivity index (χ2v) is 5.02. The first-order valence-corrected chi connectivity index (χ1v) is 6.43. The van der Waals surface area contributed by atoms with Crippen LogP contribution < -0.4 is 0 Å². The van der Waals surface area contributed by atoms with Gasteiger partial charge in [-0.15, -0.1) is 0 Å². The Hall–Kier alpha value is -0.980. The minimum Gasteiger partial charge on any atom is -0.392 e. The van der Waals surface area contributed by atoms with Gasteiger partial charge in [0.05, 0.1) is 19.3 Å². The van der Waals surface area contributed by atoms with Crippen molar-refractivity contribution in [3.8, 4) is 0 Å². The third kappa shape index (κ3) is 3.76. The maximum atomic E-state index is 10.00. The molecule has 1 saturated heterocycles. The van der Waals surface area contributed by atoms with Crippen molar-refractivity contribution in [2.45, 2.75) is 45.6 Å². The number of aliphatic hydroxyl groups is 1. The van der Waals surface area contributed by atoms with E-state index in [1.54, 1.807) is 0 Å². The van der Waals surface area contributed by atoms with Crippen LogP contribution >= 0.6 is 0 Å². The minimum atomic E-state index is -0.511. The van der Waals surface area contributed by atoms with E-state index < -0.39 is 6.10 Å². The molecule has 1 aliphatic heterocycles. The molecule has 6 nitrogen and oxygen atoms in total. The largest absolute Gasteiger partial charge is 0.392 e. The molecule has 0 bridgehead atoms. The molecule has 1 aromatic heterocycles. The van der Waals surface area contributed by atoms with Crippen LogP contribution in [0.15, 0.2) is 6.33 Å². The standard InChI is InChI=1S/C12H21N3O3/c1-9(2)7-15-11(13-8-14-15)5-10(16)6-12-17-3-4-18-12/h8-10,12,16H,3-7H2,1-2H3. The normalized spacial score (nSPS) is 18.7. The summed E-state index contributed by atoms with van der Waals surface area (Å²) < 4.78 is 12.5. The molecule has 2 heterocycles. The van der Waals surface area contributed by atoms with Crippen molar-refractivity contribution in [2.24, 2.45) is 5.92 Å². The number of nitrogens with zero attached hydrogens (tertiary/aromatic N) is 3. The number of hydrogen-bond donors (Lipinski definition) is 1. The van der Waals surface area contributed by atoms with Gasteiger partial charge in [-0.05, 0) is 5.92 Å². The van der Waals surface area contributed by atoms with E-state index in [1.165, 1.54) is 6.33 Å². The fraction of sp³-hybridized carbons (Fsp3) is 0.833. The zero-order valence-electron chi connectivity index (χ0n) is 11.0. The monoisotopic (exact) mass is 255 g/mol. The second-order valence-electron chi connectivity index (χ2n) is 5.02. The Bertz CT molecular complexity index is 361. The predicted octanol–water partition coefficient (Wildman–Crippen LogP) is 0.600. The fourth-order valence-corrected chi connectivity index (χ4v) is 2.00. The first-order valence-electron chi connectivity index (χ1n) is 6.43. The van der Waals surface area contributed by atoms with E-state index in [0.717, 1.165) is 12.4 Å². The molecule has 0 aromatic carbocycles. The van der Waals surface area contributed by atoms with Gasteiger partial charge in [-0.3, -0.25) is 0 Å². The van der Waals surface area contributed by atoms with Gasteiger partial charge in [0.1, 0.15) is 12.2 Å². The van der Waals surface area contributed by atoms with Crippen LogP contribution in [0.2, 0.25) is 0 Å². The molecule has 6 heteroatoms. The Morgan fingerprint density at radius 2 is 2.17 bits per heavy atom. The Balaban J connectivity index is 1.85. The van der Waals surface area contributed by atoms with Gasteiger partial charge in [-0.25, -0.2) is 9.67 Å². The van der Waals surface area contributed by atoms with Crippen LogP contribution in [0, 0.1) is 5.92 Å². The molecular weight excluding hydrogens is 234 g/mol. The van der Waals surface area contributed by atoms with E-state index in [0.29, 0.717) is 32.0 Å². The summed E-state index contributed by atoms with van der Waals surface area (Å²) in [5, 5.41) is 14.2. The van der Waals surface area contributed by atoms with E-state index in [4.69, 9.17) is 9.47 Å². The van der Waals surface area contributed by atoms with Crippen LogP contribution in [-0.4, -0.2) is 45.5 Å². The highest BCUT2D eigenvalue weighted by atomic mass is 16.7. The molecule has 0 aliphatic carbocycles. The summed E-state index contributed by atoms with van der Waals surface area (Å²) in [5.41, 5.74) is 0. The van der Waals surface area contributed by atoms with Crippen molar-refractivity contribution in [1.82, 2.24) is 14.8 Å². The predicted molar refractivity (Wildman–Crippen MR) is 64.9 cm³/mol. The van der Waals surface area contributed by atoms with Crippen LogP contribution in [0.4, 0.5) is 0 Å². The molecule has 18 heavy (non-hydrogen) atoms. The van der Waals surface area contributed by atoms with E-state index in [1.807, 2.05) is 4.68 Å². The van der Waals surface area contributed by atoms with Crippen LogP contribution in [0.25, 0.3) is 0 Å². The third-order valence-electron chi connectivity index (χ3n) is 2.81. The first-order chi connectivity index (χ1) is 8.65. The summed E-state index contributed by atoms with van der Waals surface area (Å²) in [5.74, 6) is 1.32. The van der Waals surface area contributed by atoms with Crippen LogP contribution in [0.1, 0.15) is 26.1 Å².